The Morgan fingerprint density at radius 1 is 1.35 bits per heavy atom. The zero-order valence-electron chi connectivity index (χ0n) is 9.58. The minimum atomic E-state index is 0.547. The molecule has 6 nitrogen and oxygen atoms in total. The number of rotatable bonds is 4. The average Bonchev–Trinajstić information content (AvgIpc) is 2.93. The van der Waals surface area contributed by atoms with Crippen molar-refractivity contribution in [2.45, 2.75) is 18.2 Å². The largest absolute Gasteiger partial charge is 0.374 e. The van der Waals surface area contributed by atoms with Crippen molar-refractivity contribution in [3.05, 3.63) is 5.51 Å². The van der Waals surface area contributed by atoms with Crippen molar-refractivity contribution >= 4 is 44.7 Å². The summed E-state index contributed by atoms with van der Waals surface area (Å²) in [5, 5.41) is 19.4. The number of nitrogens with two attached hydrogens (primary N) is 1. The van der Waals surface area contributed by atoms with Crippen LogP contribution in [0.4, 0.5) is 10.3 Å². The molecular weight excluding hydrogens is 276 g/mol. The Labute approximate surface area is 112 Å². The van der Waals surface area contributed by atoms with Gasteiger partial charge in [0.15, 0.2) is 4.34 Å². The number of hydrogen-bond acceptors (Lipinski definition) is 9. The topological polar surface area (TPSA) is 89.6 Å². The molecule has 0 aliphatic carbocycles. The first-order valence-electron chi connectivity index (χ1n) is 4.98. The molecule has 3 N–H and O–H groups in total. The maximum atomic E-state index is 5.34. The Balaban J connectivity index is 0.000000171. The molecule has 0 unspecified atom stereocenters. The van der Waals surface area contributed by atoms with E-state index in [1.54, 1.807) is 17.3 Å². The lowest BCUT2D eigenvalue weighted by Crippen LogP contribution is -1.94. The fourth-order valence-electron chi connectivity index (χ4n) is 0.804. The van der Waals surface area contributed by atoms with Gasteiger partial charge < -0.3 is 11.1 Å². The molecule has 2 rings (SSSR count). The van der Waals surface area contributed by atoms with Gasteiger partial charge in [0.25, 0.3) is 0 Å². The summed E-state index contributed by atoms with van der Waals surface area (Å²) in [6.45, 7) is 5.01. The first kappa shape index (κ1) is 14.1. The van der Waals surface area contributed by atoms with Crippen molar-refractivity contribution in [2.75, 3.05) is 23.3 Å². The van der Waals surface area contributed by atoms with Crippen LogP contribution < -0.4 is 11.1 Å². The van der Waals surface area contributed by atoms with Crippen molar-refractivity contribution < 1.29 is 0 Å². The van der Waals surface area contributed by atoms with Gasteiger partial charge in [0.1, 0.15) is 5.51 Å². The molecule has 0 aliphatic rings. The van der Waals surface area contributed by atoms with Crippen molar-refractivity contribution in [3.63, 3.8) is 0 Å². The van der Waals surface area contributed by atoms with Crippen LogP contribution in [0.15, 0.2) is 9.85 Å². The number of thioether (sulfide) groups is 1. The summed E-state index contributed by atoms with van der Waals surface area (Å²) in [6, 6.07) is 0. The van der Waals surface area contributed by atoms with Gasteiger partial charge in [0, 0.05) is 6.54 Å². The maximum absolute atomic E-state index is 5.34. The predicted octanol–water partition coefficient (Wildman–Crippen LogP) is 2.20. The normalized spacial score (nSPS) is 9.53. The zero-order valence-corrected chi connectivity index (χ0v) is 12.0. The summed E-state index contributed by atoms with van der Waals surface area (Å²) in [4.78, 5) is 0. The Kier molecular flexibility index (Phi) is 6.82. The Morgan fingerprint density at radius 2 is 2.18 bits per heavy atom. The van der Waals surface area contributed by atoms with Gasteiger partial charge in [-0.25, -0.2) is 0 Å². The van der Waals surface area contributed by atoms with Gasteiger partial charge in [-0.3, -0.25) is 0 Å². The molecule has 0 saturated heterocycles. The molecule has 94 valence electrons. The lowest BCUT2D eigenvalue weighted by atomic mass is 10.8. The molecule has 0 fully saturated rings. The third kappa shape index (κ3) is 5.80. The quantitative estimate of drug-likeness (QED) is 0.834. The lowest BCUT2D eigenvalue weighted by Gasteiger charge is -1.90. The van der Waals surface area contributed by atoms with E-state index in [0.29, 0.717) is 5.13 Å². The molecule has 2 aromatic heterocycles. The molecule has 2 heterocycles. The third-order valence-corrected chi connectivity index (χ3v) is 3.79. The van der Waals surface area contributed by atoms with Gasteiger partial charge in [-0.2, -0.15) is 0 Å². The van der Waals surface area contributed by atoms with E-state index in [4.69, 9.17) is 5.73 Å². The number of nitrogen functional groups attached to an aromatic ring is 1. The van der Waals surface area contributed by atoms with Crippen LogP contribution in [0.5, 0.6) is 0 Å². The maximum Gasteiger partial charge on any atom is 0.205 e. The number of nitrogens with zero attached hydrogens (tertiary/aromatic N) is 4. The molecule has 2 aromatic rings. The summed E-state index contributed by atoms with van der Waals surface area (Å²) in [5.74, 6) is 1.02. The monoisotopic (exact) mass is 290 g/mol. The minimum Gasteiger partial charge on any atom is -0.374 e. The molecule has 0 amide bonds. The Bertz CT molecular complexity index is 401. The smallest absolute Gasteiger partial charge is 0.205 e. The predicted molar refractivity (Wildman–Crippen MR) is 74.8 cm³/mol. The first-order chi connectivity index (χ1) is 8.26. The SMILES string of the molecule is CCNc1nncs1.CCSc1nnc(N)s1. The van der Waals surface area contributed by atoms with Gasteiger partial charge >= 0.3 is 0 Å². The fourth-order valence-corrected chi connectivity index (χ4v) is 2.85. The van der Waals surface area contributed by atoms with Gasteiger partial charge in [0.2, 0.25) is 10.3 Å². The summed E-state index contributed by atoms with van der Waals surface area (Å²) >= 11 is 4.61. The highest BCUT2D eigenvalue weighted by Crippen LogP contribution is 2.22. The Hall–Kier alpha value is -0.930. The van der Waals surface area contributed by atoms with Crippen LogP contribution in [0.1, 0.15) is 13.8 Å². The van der Waals surface area contributed by atoms with Crippen molar-refractivity contribution in [1.82, 2.24) is 20.4 Å². The van der Waals surface area contributed by atoms with E-state index in [1.807, 2.05) is 6.92 Å². The first-order valence-corrected chi connectivity index (χ1v) is 7.66. The minimum absolute atomic E-state index is 0.547. The van der Waals surface area contributed by atoms with Gasteiger partial charge in [0.05, 0.1) is 0 Å². The highest BCUT2D eigenvalue weighted by molar-refractivity contribution is 8.01. The molecule has 0 aliphatic heterocycles. The van der Waals surface area contributed by atoms with E-state index in [-0.39, 0.29) is 0 Å². The number of hydrogen-bond donors (Lipinski definition) is 2. The van der Waals surface area contributed by atoms with Gasteiger partial charge in [-0.15, -0.1) is 20.4 Å². The van der Waals surface area contributed by atoms with E-state index in [1.165, 1.54) is 22.7 Å². The number of nitrogens with one attached hydrogen (secondary N) is 1. The molecular formula is C8H14N6S3. The van der Waals surface area contributed by atoms with E-state index in [0.717, 1.165) is 21.8 Å². The lowest BCUT2D eigenvalue weighted by molar-refractivity contribution is 1.02. The van der Waals surface area contributed by atoms with E-state index in [2.05, 4.69) is 32.6 Å². The van der Waals surface area contributed by atoms with Crippen LogP contribution in [-0.2, 0) is 0 Å². The summed E-state index contributed by atoms with van der Waals surface area (Å²) < 4.78 is 0.954. The van der Waals surface area contributed by atoms with Crippen LogP contribution in [-0.4, -0.2) is 32.7 Å². The van der Waals surface area contributed by atoms with Gasteiger partial charge in [-0.1, -0.05) is 41.4 Å². The molecule has 0 spiro atoms. The zero-order chi connectivity index (χ0) is 12.5. The molecule has 0 bridgehead atoms. The fraction of sp³-hybridized carbons (Fsp3) is 0.500. The number of anilines is 2. The van der Waals surface area contributed by atoms with Crippen LogP contribution in [0, 0.1) is 0 Å². The Morgan fingerprint density at radius 3 is 2.65 bits per heavy atom. The summed E-state index contributed by atoms with van der Waals surface area (Å²) in [5.41, 5.74) is 7.05. The molecule has 0 aromatic carbocycles. The second-order valence-corrected chi connectivity index (χ2v) is 5.97. The molecule has 0 saturated carbocycles. The number of aromatic nitrogens is 4. The van der Waals surface area contributed by atoms with Crippen LogP contribution in [0.25, 0.3) is 0 Å². The second-order valence-electron chi connectivity index (χ2n) is 2.61. The van der Waals surface area contributed by atoms with Gasteiger partial charge in [-0.05, 0) is 12.7 Å². The van der Waals surface area contributed by atoms with Crippen molar-refractivity contribution in [1.29, 1.82) is 0 Å². The second kappa shape index (κ2) is 8.20. The van der Waals surface area contributed by atoms with E-state index in [9.17, 15) is 0 Å². The highest BCUT2D eigenvalue weighted by atomic mass is 32.2. The van der Waals surface area contributed by atoms with Crippen molar-refractivity contribution in [3.8, 4) is 0 Å². The van der Waals surface area contributed by atoms with Crippen LogP contribution >= 0.6 is 34.4 Å². The average molecular weight is 290 g/mol. The standard InChI is InChI=1S/C4H7N3S2.C4H7N3S/c1-2-8-4-7-6-3(5)9-4;1-2-5-4-7-6-3-8-4/h2H2,1H3,(H2,5,6);3H,2H2,1H3,(H,5,7). The summed E-state index contributed by atoms with van der Waals surface area (Å²) in [7, 11) is 0. The van der Waals surface area contributed by atoms with E-state index < -0.39 is 0 Å². The highest BCUT2D eigenvalue weighted by Gasteiger charge is 1.97. The third-order valence-electron chi connectivity index (χ3n) is 1.38. The molecule has 0 atom stereocenters. The van der Waals surface area contributed by atoms with Crippen LogP contribution in [0.2, 0.25) is 0 Å². The van der Waals surface area contributed by atoms with E-state index >= 15 is 0 Å². The molecule has 17 heavy (non-hydrogen) atoms. The molecule has 0 radical (unpaired) electrons. The summed E-state index contributed by atoms with van der Waals surface area (Å²) in [6.07, 6.45) is 0. The van der Waals surface area contributed by atoms with Crippen LogP contribution in [0.3, 0.4) is 0 Å². The van der Waals surface area contributed by atoms with Crippen molar-refractivity contribution in [2.24, 2.45) is 0 Å². The molecule has 9 heteroatoms.